The normalized spacial score (nSPS) is 25.6. The minimum Gasteiger partial charge on any atom is -0.342 e. The van der Waals surface area contributed by atoms with Crippen LogP contribution in [0.25, 0.3) is 0 Å². The zero-order valence-electron chi connectivity index (χ0n) is 11.5. The van der Waals surface area contributed by atoms with E-state index >= 15 is 0 Å². The predicted molar refractivity (Wildman–Crippen MR) is 77.1 cm³/mol. The fourth-order valence-electron chi connectivity index (χ4n) is 3.27. The molecular weight excluding hydrogens is 248 g/mol. The van der Waals surface area contributed by atoms with E-state index in [0.717, 1.165) is 32.5 Å². The van der Waals surface area contributed by atoms with E-state index in [1.165, 1.54) is 32.1 Å². The second kappa shape index (κ2) is 8.00. The quantitative estimate of drug-likeness (QED) is 0.802. The first-order valence-corrected chi connectivity index (χ1v) is 7.24. The van der Waals surface area contributed by atoms with Gasteiger partial charge in [0.1, 0.15) is 0 Å². The van der Waals surface area contributed by atoms with Crippen molar-refractivity contribution in [3.8, 4) is 0 Å². The maximum Gasteiger partial charge on any atom is 0.225 e. The minimum atomic E-state index is 0. The average molecular weight is 275 g/mol. The lowest BCUT2D eigenvalue weighted by atomic mass is 9.99. The van der Waals surface area contributed by atoms with Gasteiger partial charge in [-0.15, -0.1) is 12.4 Å². The molecule has 0 aromatic rings. The number of hydrogen-bond donors (Lipinski definition) is 1. The van der Waals surface area contributed by atoms with E-state index in [2.05, 4.69) is 10.2 Å². The molecule has 106 valence electrons. The third-order valence-electron chi connectivity index (χ3n) is 4.29. The van der Waals surface area contributed by atoms with E-state index in [-0.39, 0.29) is 12.4 Å². The van der Waals surface area contributed by atoms with Gasteiger partial charge >= 0.3 is 0 Å². The van der Waals surface area contributed by atoms with Crippen LogP contribution in [0, 0.1) is 11.8 Å². The van der Waals surface area contributed by atoms with Gasteiger partial charge in [-0.25, -0.2) is 0 Å². The van der Waals surface area contributed by atoms with Crippen molar-refractivity contribution in [2.75, 3.05) is 26.7 Å². The number of hydrogen-bond acceptors (Lipinski definition) is 2. The summed E-state index contributed by atoms with van der Waals surface area (Å²) in [6, 6.07) is 0. The third kappa shape index (κ3) is 4.13. The first-order chi connectivity index (χ1) is 8.31. The maximum atomic E-state index is 12.4. The van der Waals surface area contributed by atoms with E-state index in [4.69, 9.17) is 0 Å². The lowest BCUT2D eigenvalue weighted by molar-refractivity contribution is -0.135. The summed E-state index contributed by atoms with van der Waals surface area (Å²) < 4.78 is 0. The molecule has 1 aliphatic carbocycles. The highest BCUT2D eigenvalue weighted by atomic mass is 35.5. The van der Waals surface area contributed by atoms with Crippen molar-refractivity contribution in [1.82, 2.24) is 10.2 Å². The van der Waals surface area contributed by atoms with Crippen molar-refractivity contribution in [1.29, 1.82) is 0 Å². The van der Waals surface area contributed by atoms with Crippen molar-refractivity contribution in [2.45, 2.75) is 44.9 Å². The molecule has 0 spiro atoms. The molecule has 1 heterocycles. The summed E-state index contributed by atoms with van der Waals surface area (Å²) in [5.41, 5.74) is 0. The summed E-state index contributed by atoms with van der Waals surface area (Å²) in [5, 5.41) is 3.22. The molecule has 1 atom stereocenters. The van der Waals surface area contributed by atoms with E-state index in [1.54, 1.807) is 0 Å². The SMILES string of the molecule is CNCC1CCN(C(=O)C2CCCCCC2)C1.Cl. The Morgan fingerprint density at radius 2 is 1.83 bits per heavy atom. The van der Waals surface area contributed by atoms with E-state index in [9.17, 15) is 4.79 Å². The third-order valence-corrected chi connectivity index (χ3v) is 4.29. The summed E-state index contributed by atoms with van der Waals surface area (Å²) in [6.45, 7) is 3.02. The van der Waals surface area contributed by atoms with Gasteiger partial charge in [-0.2, -0.15) is 0 Å². The number of nitrogens with one attached hydrogen (secondary N) is 1. The standard InChI is InChI=1S/C14H26N2O.ClH/c1-15-10-12-8-9-16(11-12)14(17)13-6-4-2-3-5-7-13;/h12-13,15H,2-11H2,1H3;1H. The molecule has 1 aliphatic heterocycles. The Hall–Kier alpha value is -0.280. The largest absolute Gasteiger partial charge is 0.342 e. The Kier molecular flexibility index (Phi) is 7.02. The highest BCUT2D eigenvalue weighted by Crippen LogP contribution is 2.27. The molecule has 2 rings (SSSR count). The van der Waals surface area contributed by atoms with Crippen molar-refractivity contribution in [3.63, 3.8) is 0 Å². The zero-order chi connectivity index (χ0) is 12.1. The fraction of sp³-hybridized carbons (Fsp3) is 0.929. The Labute approximate surface area is 117 Å². The van der Waals surface area contributed by atoms with Crippen LogP contribution < -0.4 is 5.32 Å². The number of carbonyl (C=O) groups is 1. The van der Waals surface area contributed by atoms with Crippen LogP contribution in [-0.4, -0.2) is 37.5 Å². The van der Waals surface area contributed by atoms with Gasteiger partial charge in [-0.05, 0) is 38.8 Å². The number of halogens is 1. The maximum absolute atomic E-state index is 12.4. The Morgan fingerprint density at radius 1 is 1.17 bits per heavy atom. The molecule has 4 heteroatoms. The van der Waals surface area contributed by atoms with E-state index in [0.29, 0.717) is 17.7 Å². The molecule has 1 N–H and O–H groups in total. The average Bonchev–Trinajstić information content (AvgIpc) is 2.64. The van der Waals surface area contributed by atoms with Gasteiger partial charge in [0.2, 0.25) is 5.91 Å². The predicted octanol–water partition coefficient (Wildman–Crippen LogP) is 2.45. The van der Waals surface area contributed by atoms with Crippen molar-refractivity contribution in [2.24, 2.45) is 11.8 Å². The number of likely N-dealkylation sites (tertiary alicyclic amines) is 1. The number of nitrogens with zero attached hydrogens (tertiary/aromatic N) is 1. The summed E-state index contributed by atoms with van der Waals surface area (Å²) >= 11 is 0. The van der Waals surface area contributed by atoms with Gasteiger partial charge in [0.15, 0.2) is 0 Å². The van der Waals surface area contributed by atoms with Crippen LogP contribution in [0.2, 0.25) is 0 Å². The second-order valence-corrected chi connectivity index (χ2v) is 5.69. The van der Waals surface area contributed by atoms with Crippen LogP contribution in [0.1, 0.15) is 44.9 Å². The van der Waals surface area contributed by atoms with Crippen LogP contribution in [0.4, 0.5) is 0 Å². The van der Waals surface area contributed by atoms with Crippen molar-refractivity contribution < 1.29 is 4.79 Å². The molecule has 1 saturated heterocycles. The molecule has 3 nitrogen and oxygen atoms in total. The van der Waals surface area contributed by atoms with Gasteiger partial charge in [0, 0.05) is 19.0 Å². The van der Waals surface area contributed by atoms with Crippen LogP contribution >= 0.6 is 12.4 Å². The highest BCUT2D eigenvalue weighted by molar-refractivity contribution is 5.85. The topological polar surface area (TPSA) is 32.3 Å². The molecule has 0 aromatic heterocycles. The summed E-state index contributed by atoms with van der Waals surface area (Å²) in [6.07, 6.45) is 8.60. The van der Waals surface area contributed by atoms with Crippen molar-refractivity contribution in [3.05, 3.63) is 0 Å². The van der Waals surface area contributed by atoms with Gasteiger partial charge in [-0.3, -0.25) is 4.79 Å². The number of amides is 1. The molecule has 0 bridgehead atoms. The zero-order valence-corrected chi connectivity index (χ0v) is 12.3. The lowest BCUT2D eigenvalue weighted by Gasteiger charge is -2.22. The van der Waals surface area contributed by atoms with Gasteiger partial charge < -0.3 is 10.2 Å². The summed E-state index contributed by atoms with van der Waals surface area (Å²) in [5.74, 6) is 1.46. The summed E-state index contributed by atoms with van der Waals surface area (Å²) in [4.78, 5) is 14.5. The molecule has 2 fully saturated rings. The van der Waals surface area contributed by atoms with E-state index in [1.807, 2.05) is 7.05 Å². The molecule has 1 amide bonds. The Morgan fingerprint density at radius 3 is 2.44 bits per heavy atom. The smallest absolute Gasteiger partial charge is 0.225 e. The highest BCUT2D eigenvalue weighted by Gasteiger charge is 2.30. The monoisotopic (exact) mass is 274 g/mol. The van der Waals surface area contributed by atoms with Gasteiger partial charge in [0.25, 0.3) is 0 Å². The first-order valence-electron chi connectivity index (χ1n) is 7.24. The molecule has 2 aliphatic rings. The van der Waals surface area contributed by atoms with Crippen LogP contribution in [0.5, 0.6) is 0 Å². The van der Waals surface area contributed by atoms with Crippen molar-refractivity contribution >= 4 is 18.3 Å². The van der Waals surface area contributed by atoms with Crippen LogP contribution in [0.3, 0.4) is 0 Å². The van der Waals surface area contributed by atoms with Gasteiger partial charge in [-0.1, -0.05) is 25.7 Å². The summed E-state index contributed by atoms with van der Waals surface area (Å²) in [7, 11) is 2.00. The van der Waals surface area contributed by atoms with Crippen LogP contribution in [-0.2, 0) is 4.79 Å². The molecular formula is C14H27ClN2O. The molecule has 0 radical (unpaired) electrons. The van der Waals surface area contributed by atoms with Crippen LogP contribution in [0.15, 0.2) is 0 Å². The Bertz CT molecular complexity index is 252. The van der Waals surface area contributed by atoms with E-state index < -0.39 is 0 Å². The molecule has 18 heavy (non-hydrogen) atoms. The molecule has 0 aromatic carbocycles. The van der Waals surface area contributed by atoms with Gasteiger partial charge in [0.05, 0.1) is 0 Å². The number of rotatable bonds is 3. The second-order valence-electron chi connectivity index (χ2n) is 5.69. The first kappa shape index (κ1) is 15.8. The minimum absolute atomic E-state index is 0. The number of carbonyl (C=O) groups excluding carboxylic acids is 1. The lowest BCUT2D eigenvalue weighted by Crippen LogP contribution is -2.35. The molecule has 1 unspecified atom stereocenters. The Balaban J connectivity index is 0.00000162. The molecule has 1 saturated carbocycles. The fourth-order valence-corrected chi connectivity index (χ4v) is 3.27.